The Morgan fingerprint density at radius 1 is 0.750 bits per heavy atom. The van der Waals surface area contributed by atoms with Gasteiger partial charge in [0.1, 0.15) is 0 Å². The van der Waals surface area contributed by atoms with Crippen LogP contribution in [0.4, 0.5) is 0 Å². The molecule has 0 fully saturated rings. The highest BCUT2D eigenvalue weighted by atomic mass is 16.1. The molecule has 2 aliphatic carbocycles. The highest BCUT2D eigenvalue weighted by molar-refractivity contribution is 5.96. The number of hydrogen-bond donors (Lipinski definition) is 0. The lowest BCUT2D eigenvalue weighted by Gasteiger charge is -2.16. The normalized spacial score (nSPS) is 25.2. The molecule has 2 aliphatic rings. The molecule has 1 heteroatoms. The molecular weight excluding hydrogens is 148 g/mol. The molecular formula is C11H16O. The minimum Gasteiger partial charge on any atom is -0.295 e. The van der Waals surface area contributed by atoms with Gasteiger partial charge in [0.2, 0.25) is 0 Å². The molecule has 2 rings (SSSR count). The average Bonchev–Trinajstić information content (AvgIpc) is 2.29. The Morgan fingerprint density at radius 2 is 1.33 bits per heavy atom. The van der Waals surface area contributed by atoms with Crippen LogP contribution in [-0.2, 0) is 4.79 Å². The number of carbonyl (C=O) groups excluding carboxylic acids is 1. The number of Topliss-reactive ketones (excluding diaryl/α,β-unsaturated/α-hetero) is 1. The second kappa shape index (κ2) is 3.42. The fraction of sp³-hybridized carbons (Fsp3) is 0.727. The van der Waals surface area contributed by atoms with Gasteiger partial charge in [-0.2, -0.15) is 0 Å². The van der Waals surface area contributed by atoms with Crippen molar-refractivity contribution in [1.82, 2.24) is 0 Å². The first-order valence-electron chi connectivity index (χ1n) is 5.12. The highest BCUT2D eigenvalue weighted by Crippen LogP contribution is 2.32. The summed E-state index contributed by atoms with van der Waals surface area (Å²) in [4.78, 5) is 11.6. The van der Waals surface area contributed by atoms with Crippen LogP contribution in [0.3, 0.4) is 0 Å². The van der Waals surface area contributed by atoms with Crippen LogP contribution in [-0.4, -0.2) is 5.78 Å². The van der Waals surface area contributed by atoms with Crippen LogP contribution in [0.15, 0.2) is 11.1 Å². The van der Waals surface area contributed by atoms with Crippen molar-refractivity contribution in [2.24, 2.45) is 0 Å². The zero-order valence-electron chi connectivity index (χ0n) is 7.57. The molecule has 0 aromatic carbocycles. The van der Waals surface area contributed by atoms with E-state index in [9.17, 15) is 4.79 Å². The van der Waals surface area contributed by atoms with E-state index in [1.165, 1.54) is 43.3 Å². The van der Waals surface area contributed by atoms with E-state index in [0.29, 0.717) is 5.78 Å². The lowest BCUT2D eigenvalue weighted by Crippen LogP contribution is -2.07. The van der Waals surface area contributed by atoms with Crippen LogP contribution in [0.2, 0.25) is 0 Å². The minimum absolute atomic E-state index is 0.460. The molecule has 12 heavy (non-hydrogen) atoms. The summed E-state index contributed by atoms with van der Waals surface area (Å²) in [5, 5.41) is 0. The Labute approximate surface area is 73.8 Å². The van der Waals surface area contributed by atoms with Crippen molar-refractivity contribution in [1.29, 1.82) is 0 Å². The molecule has 0 radical (unpaired) electrons. The smallest absolute Gasteiger partial charge is 0.158 e. The standard InChI is InChI=1S/C11H16O/c12-11-8-4-2-6-9-5-1-3-7-10(9)11/h1-8H2. The molecule has 0 atom stereocenters. The molecule has 0 bridgehead atoms. The molecule has 1 nitrogen and oxygen atoms in total. The SMILES string of the molecule is O=C1CCCCC2=C1CCCC2. The van der Waals surface area contributed by atoms with Gasteiger partial charge in [-0.3, -0.25) is 4.79 Å². The van der Waals surface area contributed by atoms with Gasteiger partial charge in [0.25, 0.3) is 0 Å². The summed E-state index contributed by atoms with van der Waals surface area (Å²) in [5.41, 5.74) is 2.72. The fourth-order valence-corrected chi connectivity index (χ4v) is 2.36. The van der Waals surface area contributed by atoms with Crippen molar-refractivity contribution in [2.75, 3.05) is 0 Å². The van der Waals surface area contributed by atoms with Crippen LogP contribution in [0, 0.1) is 0 Å². The lowest BCUT2D eigenvalue weighted by atomic mass is 9.88. The molecule has 0 heterocycles. The van der Waals surface area contributed by atoms with Crippen molar-refractivity contribution in [3.8, 4) is 0 Å². The van der Waals surface area contributed by atoms with E-state index in [2.05, 4.69) is 0 Å². The largest absolute Gasteiger partial charge is 0.295 e. The summed E-state index contributed by atoms with van der Waals surface area (Å²) >= 11 is 0. The topological polar surface area (TPSA) is 17.1 Å². The van der Waals surface area contributed by atoms with Gasteiger partial charge in [-0.15, -0.1) is 0 Å². The number of hydrogen-bond acceptors (Lipinski definition) is 1. The number of allylic oxidation sites excluding steroid dienone is 2. The average molecular weight is 164 g/mol. The molecule has 0 aromatic heterocycles. The zero-order chi connectivity index (χ0) is 8.39. The molecule has 0 aliphatic heterocycles. The zero-order valence-corrected chi connectivity index (χ0v) is 7.57. The van der Waals surface area contributed by atoms with E-state index in [4.69, 9.17) is 0 Å². The molecule has 0 aromatic rings. The maximum Gasteiger partial charge on any atom is 0.158 e. The molecule has 0 amide bonds. The van der Waals surface area contributed by atoms with Gasteiger partial charge in [-0.05, 0) is 50.5 Å². The first-order valence-corrected chi connectivity index (χ1v) is 5.12. The third-order valence-corrected chi connectivity index (χ3v) is 3.05. The molecule has 0 saturated heterocycles. The van der Waals surface area contributed by atoms with Crippen LogP contribution in [0.5, 0.6) is 0 Å². The van der Waals surface area contributed by atoms with E-state index in [-0.39, 0.29) is 0 Å². The van der Waals surface area contributed by atoms with Crippen molar-refractivity contribution in [3.05, 3.63) is 11.1 Å². The van der Waals surface area contributed by atoms with Gasteiger partial charge in [0.05, 0.1) is 0 Å². The van der Waals surface area contributed by atoms with Crippen LogP contribution < -0.4 is 0 Å². The fourth-order valence-electron chi connectivity index (χ4n) is 2.36. The van der Waals surface area contributed by atoms with E-state index < -0.39 is 0 Å². The Kier molecular flexibility index (Phi) is 2.29. The van der Waals surface area contributed by atoms with Crippen molar-refractivity contribution >= 4 is 5.78 Å². The van der Waals surface area contributed by atoms with E-state index in [1.807, 2.05) is 0 Å². The van der Waals surface area contributed by atoms with Gasteiger partial charge in [0, 0.05) is 6.42 Å². The second-order valence-electron chi connectivity index (χ2n) is 3.92. The molecule has 0 N–H and O–H groups in total. The van der Waals surface area contributed by atoms with Crippen molar-refractivity contribution < 1.29 is 4.79 Å². The quantitative estimate of drug-likeness (QED) is 0.538. The second-order valence-corrected chi connectivity index (χ2v) is 3.92. The Hall–Kier alpha value is -0.590. The maximum atomic E-state index is 11.6. The van der Waals surface area contributed by atoms with Crippen molar-refractivity contribution in [2.45, 2.75) is 51.4 Å². The first kappa shape index (κ1) is 8.03. The summed E-state index contributed by atoms with van der Waals surface area (Å²) in [6.45, 7) is 0. The van der Waals surface area contributed by atoms with Gasteiger partial charge in [-0.1, -0.05) is 5.57 Å². The minimum atomic E-state index is 0.460. The summed E-state index contributed by atoms with van der Waals surface area (Å²) in [6, 6.07) is 0. The van der Waals surface area contributed by atoms with E-state index in [1.54, 1.807) is 0 Å². The van der Waals surface area contributed by atoms with E-state index >= 15 is 0 Å². The Morgan fingerprint density at radius 3 is 2.08 bits per heavy atom. The monoisotopic (exact) mass is 164 g/mol. The summed E-state index contributed by atoms with van der Waals surface area (Å²) in [5.74, 6) is 0.460. The highest BCUT2D eigenvalue weighted by Gasteiger charge is 2.20. The van der Waals surface area contributed by atoms with E-state index in [0.717, 1.165) is 19.3 Å². The maximum absolute atomic E-state index is 11.6. The number of carbonyl (C=O) groups is 1. The predicted octanol–water partition coefficient (Wildman–Crippen LogP) is 3.00. The predicted molar refractivity (Wildman–Crippen MR) is 49.0 cm³/mol. The summed E-state index contributed by atoms with van der Waals surface area (Å²) in [7, 11) is 0. The van der Waals surface area contributed by atoms with Gasteiger partial charge >= 0.3 is 0 Å². The van der Waals surface area contributed by atoms with Crippen LogP contribution in [0.25, 0.3) is 0 Å². The molecule has 0 unspecified atom stereocenters. The Balaban J connectivity index is 2.24. The van der Waals surface area contributed by atoms with Gasteiger partial charge < -0.3 is 0 Å². The van der Waals surface area contributed by atoms with Crippen LogP contribution >= 0.6 is 0 Å². The Bertz CT molecular complexity index is 225. The molecule has 0 spiro atoms. The molecule has 66 valence electrons. The number of rotatable bonds is 0. The lowest BCUT2D eigenvalue weighted by molar-refractivity contribution is -0.115. The van der Waals surface area contributed by atoms with Gasteiger partial charge in [0.15, 0.2) is 5.78 Å². The first-order chi connectivity index (χ1) is 5.88. The summed E-state index contributed by atoms with van der Waals surface area (Å²) < 4.78 is 0. The molecule has 0 saturated carbocycles. The number of ketones is 1. The van der Waals surface area contributed by atoms with Crippen LogP contribution in [0.1, 0.15) is 51.4 Å². The summed E-state index contributed by atoms with van der Waals surface area (Å²) in [6.07, 6.45) is 9.22. The third kappa shape index (κ3) is 1.45. The van der Waals surface area contributed by atoms with Gasteiger partial charge in [-0.25, -0.2) is 0 Å². The third-order valence-electron chi connectivity index (χ3n) is 3.05. The van der Waals surface area contributed by atoms with Crippen molar-refractivity contribution in [3.63, 3.8) is 0 Å².